The van der Waals surface area contributed by atoms with Gasteiger partial charge in [-0.05, 0) is 17.7 Å². The van der Waals surface area contributed by atoms with E-state index in [4.69, 9.17) is 4.74 Å². The van der Waals surface area contributed by atoms with E-state index >= 15 is 0 Å². The summed E-state index contributed by atoms with van der Waals surface area (Å²) in [6.07, 6.45) is 0. The van der Waals surface area contributed by atoms with Gasteiger partial charge in [-0.2, -0.15) is 0 Å². The van der Waals surface area contributed by atoms with Crippen LogP contribution in [0.5, 0.6) is 5.75 Å². The SMILES string of the molecule is COc1cccc(CNCCI)c1. The summed E-state index contributed by atoms with van der Waals surface area (Å²) in [6.45, 7) is 1.97. The van der Waals surface area contributed by atoms with Crippen LogP contribution in [0.25, 0.3) is 0 Å². The van der Waals surface area contributed by atoms with Crippen LogP contribution < -0.4 is 10.1 Å². The van der Waals surface area contributed by atoms with E-state index in [2.05, 4.69) is 40.0 Å². The number of methoxy groups -OCH3 is 1. The van der Waals surface area contributed by atoms with Crippen molar-refractivity contribution in [2.45, 2.75) is 6.54 Å². The minimum Gasteiger partial charge on any atom is -0.497 e. The molecule has 0 radical (unpaired) electrons. The fourth-order valence-electron chi connectivity index (χ4n) is 1.08. The molecular formula is C10H14INO. The summed E-state index contributed by atoms with van der Waals surface area (Å²) >= 11 is 2.36. The first-order chi connectivity index (χ1) is 6.36. The highest BCUT2D eigenvalue weighted by atomic mass is 127. The molecule has 0 aliphatic rings. The standard InChI is InChI=1S/C10H14INO/c1-13-10-4-2-3-9(7-10)8-12-6-5-11/h2-4,7,12H,5-6,8H2,1H3. The van der Waals surface area contributed by atoms with Gasteiger partial charge in [0.05, 0.1) is 7.11 Å². The van der Waals surface area contributed by atoms with E-state index in [0.29, 0.717) is 0 Å². The molecule has 1 aromatic carbocycles. The van der Waals surface area contributed by atoms with Crippen LogP contribution >= 0.6 is 22.6 Å². The Kier molecular flexibility index (Phi) is 5.15. The lowest BCUT2D eigenvalue weighted by atomic mass is 10.2. The highest BCUT2D eigenvalue weighted by Crippen LogP contribution is 2.11. The molecule has 1 N–H and O–H groups in total. The molecule has 0 heterocycles. The van der Waals surface area contributed by atoms with Gasteiger partial charge in [0.2, 0.25) is 0 Å². The second-order valence-corrected chi connectivity index (χ2v) is 3.80. The van der Waals surface area contributed by atoms with Crippen LogP contribution in [-0.2, 0) is 6.54 Å². The van der Waals surface area contributed by atoms with Crippen molar-refractivity contribution >= 4 is 22.6 Å². The largest absolute Gasteiger partial charge is 0.497 e. The van der Waals surface area contributed by atoms with Gasteiger partial charge >= 0.3 is 0 Å². The van der Waals surface area contributed by atoms with Crippen LogP contribution in [-0.4, -0.2) is 18.1 Å². The highest BCUT2D eigenvalue weighted by molar-refractivity contribution is 14.1. The van der Waals surface area contributed by atoms with Crippen molar-refractivity contribution in [3.63, 3.8) is 0 Å². The molecule has 0 atom stereocenters. The van der Waals surface area contributed by atoms with Crippen LogP contribution in [0.1, 0.15) is 5.56 Å². The second-order valence-electron chi connectivity index (χ2n) is 2.72. The summed E-state index contributed by atoms with van der Waals surface area (Å²) in [4.78, 5) is 0. The number of alkyl halides is 1. The minimum absolute atomic E-state index is 0.917. The maximum Gasteiger partial charge on any atom is 0.119 e. The molecule has 0 amide bonds. The van der Waals surface area contributed by atoms with Crippen molar-refractivity contribution in [3.05, 3.63) is 29.8 Å². The van der Waals surface area contributed by atoms with Gasteiger partial charge in [0.25, 0.3) is 0 Å². The van der Waals surface area contributed by atoms with Gasteiger partial charge in [-0.3, -0.25) is 0 Å². The Hall–Kier alpha value is -0.290. The lowest BCUT2D eigenvalue weighted by Gasteiger charge is -2.04. The van der Waals surface area contributed by atoms with Crippen molar-refractivity contribution in [2.75, 3.05) is 18.1 Å². The van der Waals surface area contributed by atoms with Crippen molar-refractivity contribution in [1.29, 1.82) is 0 Å². The number of ether oxygens (including phenoxy) is 1. The zero-order valence-electron chi connectivity index (χ0n) is 7.72. The van der Waals surface area contributed by atoms with E-state index in [1.165, 1.54) is 5.56 Å². The molecule has 0 aliphatic carbocycles. The first-order valence-electron chi connectivity index (χ1n) is 4.26. The van der Waals surface area contributed by atoms with Gasteiger partial charge < -0.3 is 10.1 Å². The minimum atomic E-state index is 0.917. The number of halogens is 1. The molecule has 0 aromatic heterocycles. The lowest BCUT2D eigenvalue weighted by molar-refractivity contribution is 0.414. The molecule has 0 fully saturated rings. The summed E-state index contributed by atoms with van der Waals surface area (Å²) in [5.74, 6) is 0.925. The van der Waals surface area contributed by atoms with Crippen LogP contribution in [0.2, 0.25) is 0 Å². The molecule has 0 spiro atoms. The van der Waals surface area contributed by atoms with E-state index in [0.717, 1.165) is 23.3 Å². The zero-order chi connectivity index (χ0) is 9.52. The van der Waals surface area contributed by atoms with Crippen LogP contribution in [0.15, 0.2) is 24.3 Å². The number of hydrogen-bond donors (Lipinski definition) is 1. The molecule has 0 saturated carbocycles. The zero-order valence-corrected chi connectivity index (χ0v) is 9.87. The van der Waals surface area contributed by atoms with Gasteiger partial charge in [0.15, 0.2) is 0 Å². The molecule has 72 valence electrons. The van der Waals surface area contributed by atoms with E-state index in [1.807, 2.05) is 12.1 Å². The third kappa shape index (κ3) is 3.95. The smallest absolute Gasteiger partial charge is 0.119 e. The van der Waals surface area contributed by atoms with E-state index < -0.39 is 0 Å². The monoisotopic (exact) mass is 291 g/mol. The number of rotatable bonds is 5. The lowest BCUT2D eigenvalue weighted by Crippen LogP contribution is -2.15. The van der Waals surface area contributed by atoms with Gasteiger partial charge in [-0.15, -0.1) is 0 Å². The Morgan fingerprint density at radius 3 is 3.00 bits per heavy atom. The summed E-state index contributed by atoms with van der Waals surface area (Å²) in [5, 5.41) is 3.34. The molecule has 1 rings (SSSR count). The fraction of sp³-hybridized carbons (Fsp3) is 0.400. The van der Waals surface area contributed by atoms with E-state index in [-0.39, 0.29) is 0 Å². The van der Waals surface area contributed by atoms with Crippen molar-refractivity contribution in [2.24, 2.45) is 0 Å². The molecule has 2 nitrogen and oxygen atoms in total. The molecule has 0 aliphatic heterocycles. The molecule has 1 aromatic rings. The normalized spacial score (nSPS) is 10.0. The van der Waals surface area contributed by atoms with E-state index in [9.17, 15) is 0 Å². The van der Waals surface area contributed by atoms with Crippen LogP contribution in [0.4, 0.5) is 0 Å². The average Bonchev–Trinajstić information content (AvgIpc) is 2.19. The predicted molar refractivity (Wildman–Crippen MR) is 63.6 cm³/mol. The molecule has 0 bridgehead atoms. The molecule has 13 heavy (non-hydrogen) atoms. The maximum atomic E-state index is 5.13. The Morgan fingerprint density at radius 2 is 2.31 bits per heavy atom. The fourth-order valence-corrected chi connectivity index (χ4v) is 1.46. The highest BCUT2D eigenvalue weighted by Gasteiger charge is 1.94. The van der Waals surface area contributed by atoms with Crippen molar-refractivity contribution < 1.29 is 4.74 Å². The third-order valence-corrected chi connectivity index (χ3v) is 2.27. The Morgan fingerprint density at radius 1 is 1.46 bits per heavy atom. The van der Waals surface area contributed by atoms with Crippen molar-refractivity contribution in [1.82, 2.24) is 5.32 Å². The third-order valence-electron chi connectivity index (χ3n) is 1.73. The Labute approximate surface area is 92.8 Å². The first kappa shape index (κ1) is 10.8. The maximum absolute atomic E-state index is 5.13. The first-order valence-corrected chi connectivity index (χ1v) is 5.79. The van der Waals surface area contributed by atoms with E-state index in [1.54, 1.807) is 7.11 Å². The number of nitrogens with one attached hydrogen (secondary N) is 1. The molecule has 3 heteroatoms. The van der Waals surface area contributed by atoms with Crippen molar-refractivity contribution in [3.8, 4) is 5.75 Å². The molecular weight excluding hydrogens is 277 g/mol. The summed E-state index contributed by atoms with van der Waals surface area (Å²) in [5.41, 5.74) is 1.27. The molecule has 0 unspecified atom stereocenters. The summed E-state index contributed by atoms with van der Waals surface area (Å²) in [6, 6.07) is 8.13. The summed E-state index contributed by atoms with van der Waals surface area (Å²) < 4.78 is 6.27. The van der Waals surface area contributed by atoms with Crippen LogP contribution in [0, 0.1) is 0 Å². The predicted octanol–water partition coefficient (Wildman–Crippen LogP) is 2.22. The second kappa shape index (κ2) is 6.21. The Balaban J connectivity index is 2.46. The molecule has 0 saturated heterocycles. The topological polar surface area (TPSA) is 21.3 Å². The number of benzene rings is 1. The quantitative estimate of drug-likeness (QED) is 0.510. The van der Waals surface area contributed by atoms with Crippen LogP contribution in [0.3, 0.4) is 0 Å². The Bertz CT molecular complexity index is 252. The van der Waals surface area contributed by atoms with Gasteiger partial charge in [0, 0.05) is 17.5 Å². The van der Waals surface area contributed by atoms with Gasteiger partial charge in [-0.25, -0.2) is 0 Å². The van der Waals surface area contributed by atoms with Gasteiger partial charge in [-0.1, -0.05) is 34.7 Å². The number of hydrogen-bond acceptors (Lipinski definition) is 2. The average molecular weight is 291 g/mol. The summed E-state index contributed by atoms with van der Waals surface area (Å²) in [7, 11) is 1.69. The van der Waals surface area contributed by atoms with Gasteiger partial charge in [0.1, 0.15) is 5.75 Å².